The summed E-state index contributed by atoms with van der Waals surface area (Å²) in [6.07, 6.45) is 1.44. The van der Waals surface area contributed by atoms with Crippen LogP contribution in [0.25, 0.3) is 16.9 Å². The van der Waals surface area contributed by atoms with E-state index in [4.69, 9.17) is 0 Å². The number of nitrogens with zero attached hydrogens (tertiary/aromatic N) is 4. The van der Waals surface area contributed by atoms with Crippen molar-refractivity contribution in [2.24, 2.45) is 0 Å². The van der Waals surface area contributed by atoms with Crippen LogP contribution in [0.3, 0.4) is 0 Å². The number of ether oxygens (including phenoxy) is 1. The zero-order chi connectivity index (χ0) is 24.2. The van der Waals surface area contributed by atoms with Gasteiger partial charge in [0.1, 0.15) is 11.5 Å². The van der Waals surface area contributed by atoms with E-state index in [9.17, 15) is 18.4 Å². The SMILES string of the molecule is COC(=O)Nc1ccc(-c2cnc3ccc(C(=O)N(C)c4cccc(CC(F)F)c4)cn23)cn1. The first kappa shape index (κ1) is 22.8. The van der Waals surface area contributed by atoms with Crippen LogP contribution in [0.1, 0.15) is 15.9 Å². The number of imidazole rings is 1. The van der Waals surface area contributed by atoms with Gasteiger partial charge in [-0.1, -0.05) is 12.1 Å². The van der Waals surface area contributed by atoms with Gasteiger partial charge in [0, 0.05) is 37.1 Å². The third-order valence-corrected chi connectivity index (χ3v) is 5.22. The van der Waals surface area contributed by atoms with Gasteiger partial charge in [-0.3, -0.25) is 14.5 Å². The summed E-state index contributed by atoms with van der Waals surface area (Å²) in [6, 6.07) is 13.3. The number of fused-ring (bicyclic) bond motifs is 1. The van der Waals surface area contributed by atoms with Crippen molar-refractivity contribution in [2.75, 3.05) is 24.4 Å². The Kier molecular flexibility index (Phi) is 6.48. The molecule has 1 N–H and O–H groups in total. The highest BCUT2D eigenvalue weighted by atomic mass is 19.3. The molecule has 174 valence electrons. The zero-order valence-corrected chi connectivity index (χ0v) is 18.4. The molecule has 3 heterocycles. The number of carbonyl (C=O) groups excluding carboxylic acids is 2. The fraction of sp³-hybridized carbons (Fsp3) is 0.167. The van der Waals surface area contributed by atoms with E-state index in [2.05, 4.69) is 20.0 Å². The maximum atomic E-state index is 13.1. The van der Waals surface area contributed by atoms with Crippen molar-refractivity contribution in [3.05, 3.63) is 78.2 Å². The lowest BCUT2D eigenvalue weighted by molar-refractivity contribution is 0.0992. The molecule has 10 heteroatoms. The van der Waals surface area contributed by atoms with Crippen molar-refractivity contribution >= 4 is 29.2 Å². The predicted molar refractivity (Wildman–Crippen MR) is 123 cm³/mol. The average molecular weight is 465 g/mol. The summed E-state index contributed by atoms with van der Waals surface area (Å²) in [4.78, 5) is 34.5. The number of rotatable bonds is 6. The first-order chi connectivity index (χ1) is 16.4. The van der Waals surface area contributed by atoms with Crippen molar-refractivity contribution < 1.29 is 23.1 Å². The summed E-state index contributed by atoms with van der Waals surface area (Å²) >= 11 is 0. The lowest BCUT2D eigenvalue weighted by Gasteiger charge is -2.18. The largest absolute Gasteiger partial charge is 0.453 e. The summed E-state index contributed by atoms with van der Waals surface area (Å²) in [5.41, 5.74) is 3.42. The molecule has 0 unspecified atom stereocenters. The van der Waals surface area contributed by atoms with Crippen molar-refractivity contribution in [1.82, 2.24) is 14.4 Å². The number of benzene rings is 1. The number of hydrogen-bond acceptors (Lipinski definition) is 5. The number of pyridine rings is 2. The first-order valence-corrected chi connectivity index (χ1v) is 10.3. The summed E-state index contributed by atoms with van der Waals surface area (Å²) < 4.78 is 31.8. The van der Waals surface area contributed by atoms with Crippen LogP contribution in [-0.4, -0.2) is 47.0 Å². The Morgan fingerprint density at radius 1 is 1.12 bits per heavy atom. The smallest absolute Gasteiger partial charge is 0.412 e. The van der Waals surface area contributed by atoms with Gasteiger partial charge in [0.15, 0.2) is 0 Å². The van der Waals surface area contributed by atoms with Gasteiger partial charge in [-0.05, 0) is 42.0 Å². The second kappa shape index (κ2) is 9.65. The molecular weight excluding hydrogens is 444 g/mol. The maximum Gasteiger partial charge on any atom is 0.412 e. The van der Waals surface area contributed by atoms with E-state index < -0.39 is 12.5 Å². The van der Waals surface area contributed by atoms with Gasteiger partial charge in [-0.25, -0.2) is 23.5 Å². The molecule has 4 aromatic rings. The van der Waals surface area contributed by atoms with Crippen LogP contribution in [0.5, 0.6) is 0 Å². The lowest BCUT2D eigenvalue weighted by Crippen LogP contribution is -2.26. The van der Waals surface area contributed by atoms with Crippen LogP contribution in [-0.2, 0) is 11.2 Å². The van der Waals surface area contributed by atoms with Crippen molar-refractivity contribution in [1.29, 1.82) is 0 Å². The van der Waals surface area contributed by atoms with Crippen LogP contribution < -0.4 is 10.2 Å². The van der Waals surface area contributed by atoms with Crippen LogP contribution >= 0.6 is 0 Å². The number of nitrogens with one attached hydrogen (secondary N) is 1. The van der Waals surface area contributed by atoms with Crippen molar-refractivity contribution in [2.45, 2.75) is 12.8 Å². The highest BCUT2D eigenvalue weighted by Crippen LogP contribution is 2.24. The molecule has 0 bridgehead atoms. The van der Waals surface area contributed by atoms with Gasteiger partial charge in [0.25, 0.3) is 5.91 Å². The van der Waals surface area contributed by atoms with E-state index in [0.717, 1.165) is 5.56 Å². The molecule has 0 saturated carbocycles. The maximum absolute atomic E-state index is 13.1. The fourth-order valence-electron chi connectivity index (χ4n) is 3.48. The Bertz CT molecular complexity index is 1340. The molecule has 34 heavy (non-hydrogen) atoms. The summed E-state index contributed by atoms with van der Waals surface area (Å²) in [7, 11) is 2.86. The molecule has 8 nitrogen and oxygen atoms in total. The molecule has 1 aromatic carbocycles. The molecule has 0 spiro atoms. The fourth-order valence-corrected chi connectivity index (χ4v) is 3.48. The minimum atomic E-state index is -2.46. The molecule has 0 fully saturated rings. The molecule has 0 aliphatic rings. The average Bonchev–Trinajstić information content (AvgIpc) is 3.26. The molecule has 0 aliphatic carbocycles. The van der Waals surface area contributed by atoms with Crippen LogP contribution in [0.15, 0.2) is 67.1 Å². The second-order valence-corrected chi connectivity index (χ2v) is 7.47. The number of methoxy groups -OCH3 is 1. The number of aromatic nitrogens is 3. The third-order valence-electron chi connectivity index (χ3n) is 5.22. The molecule has 4 rings (SSSR count). The topological polar surface area (TPSA) is 88.8 Å². The second-order valence-electron chi connectivity index (χ2n) is 7.47. The molecule has 0 aliphatic heterocycles. The third kappa shape index (κ3) is 4.85. The number of amides is 2. The lowest BCUT2D eigenvalue weighted by atomic mass is 10.1. The molecule has 3 aromatic heterocycles. The van der Waals surface area contributed by atoms with E-state index >= 15 is 0 Å². The Labute approximate surface area is 193 Å². The van der Waals surface area contributed by atoms with E-state index in [1.54, 1.807) is 78.6 Å². The number of hydrogen-bond donors (Lipinski definition) is 1. The van der Waals surface area contributed by atoms with Gasteiger partial charge in [-0.2, -0.15) is 0 Å². The highest BCUT2D eigenvalue weighted by Gasteiger charge is 2.17. The molecular formula is C24H21F2N5O3. The monoisotopic (exact) mass is 465 g/mol. The molecule has 0 saturated heterocycles. The molecule has 2 amide bonds. The summed E-state index contributed by atoms with van der Waals surface area (Å²) in [5.74, 6) is 0.0301. The normalized spacial score (nSPS) is 11.0. The Hall–Kier alpha value is -4.34. The van der Waals surface area contributed by atoms with Crippen molar-refractivity contribution in [3.63, 3.8) is 0 Å². The van der Waals surface area contributed by atoms with E-state index in [-0.39, 0.29) is 12.3 Å². The van der Waals surface area contributed by atoms with Gasteiger partial charge < -0.3 is 9.64 Å². The van der Waals surface area contributed by atoms with Crippen LogP contribution in [0.2, 0.25) is 0 Å². The Morgan fingerprint density at radius 2 is 1.94 bits per heavy atom. The van der Waals surface area contributed by atoms with Crippen molar-refractivity contribution in [3.8, 4) is 11.3 Å². The standard InChI is InChI=1S/C24H21F2N5O3/c1-30(18-5-3-4-15(10-18)11-20(25)26)23(32)17-7-9-22-28-13-19(31(22)14-17)16-6-8-21(27-12-16)29-24(33)34-2/h3-10,12-14,20H,11H2,1-2H3,(H,27,29,33). The van der Waals surface area contributed by atoms with Gasteiger partial charge >= 0.3 is 6.09 Å². The first-order valence-electron chi connectivity index (χ1n) is 10.3. The van der Waals surface area contributed by atoms with E-state index in [1.807, 2.05) is 0 Å². The minimum Gasteiger partial charge on any atom is -0.453 e. The number of halogens is 2. The number of anilines is 2. The van der Waals surface area contributed by atoms with Gasteiger partial charge in [0.05, 0.1) is 24.6 Å². The zero-order valence-electron chi connectivity index (χ0n) is 18.4. The highest BCUT2D eigenvalue weighted by molar-refractivity contribution is 6.05. The Morgan fingerprint density at radius 3 is 2.65 bits per heavy atom. The summed E-state index contributed by atoms with van der Waals surface area (Å²) in [5, 5.41) is 2.48. The quantitative estimate of drug-likeness (QED) is 0.448. The molecule has 0 radical (unpaired) electrons. The van der Waals surface area contributed by atoms with E-state index in [1.165, 1.54) is 12.0 Å². The minimum absolute atomic E-state index is 0.300. The number of carbonyl (C=O) groups is 2. The van der Waals surface area contributed by atoms with Gasteiger partial charge in [0.2, 0.25) is 6.43 Å². The van der Waals surface area contributed by atoms with Crippen LogP contribution in [0, 0.1) is 0 Å². The molecule has 0 atom stereocenters. The van der Waals surface area contributed by atoms with Crippen LogP contribution in [0.4, 0.5) is 25.1 Å². The number of alkyl halides is 2. The van der Waals surface area contributed by atoms with E-state index in [0.29, 0.717) is 34.0 Å². The van der Waals surface area contributed by atoms with Gasteiger partial charge in [-0.15, -0.1) is 0 Å². The predicted octanol–water partition coefficient (Wildman–Crippen LogP) is 4.66. The Balaban J connectivity index is 1.61. The summed E-state index contributed by atoms with van der Waals surface area (Å²) in [6.45, 7) is 0.